The zero-order chi connectivity index (χ0) is 14.4. The van der Waals surface area contributed by atoms with E-state index in [1.165, 1.54) is 8.99 Å². The Balaban J connectivity index is 2.39. The van der Waals surface area contributed by atoms with Gasteiger partial charge in [0.15, 0.2) is 0 Å². The van der Waals surface area contributed by atoms with Crippen LogP contribution in [0.5, 0.6) is 0 Å². The van der Waals surface area contributed by atoms with Crippen LogP contribution in [0.2, 0.25) is 5.15 Å². The summed E-state index contributed by atoms with van der Waals surface area (Å²) in [7, 11) is -2.04. The van der Waals surface area contributed by atoms with Crippen molar-refractivity contribution in [3.05, 3.63) is 10.8 Å². The maximum atomic E-state index is 12.6. The van der Waals surface area contributed by atoms with E-state index in [1.807, 2.05) is 6.92 Å². The van der Waals surface area contributed by atoms with Gasteiger partial charge in [-0.3, -0.25) is 4.68 Å². The smallest absolute Gasteiger partial charge is 0.248 e. The van der Waals surface area contributed by atoms with E-state index in [0.717, 1.165) is 0 Å². The number of sulfonamides is 1. The van der Waals surface area contributed by atoms with Crippen LogP contribution in [0.4, 0.5) is 0 Å². The van der Waals surface area contributed by atoms with E-state index in [9.17, 15) is 13.5 Å². The predicted molar refractivity (Wildman–Crippen MR) is 71.5 cm³/mol. The fourth-order valence-corrected chi connectivity index (χ4v) is 4.76. The molecule has 6 nitrogen and oxygen atoms in total. The van der Waals surface area contributed by atoms with Crippen LogP contribution in [0.25, 0.3) is 0 Å². The zero-order valence-electron chi connectivity index (χ0n) is 11.2. The van der Waals surface area contributed by atoms with Crippen molar-refractivity contribution in [3.8, 4) is 0 Å². The van der Waals surface area contributed by atoms with Crippen molar-refractivity contribution in [1.29, 1.82) is 0 Å². The van der Waals surface area contributed by atoms with Crippen molar-refractivity contribution in [2.45, 2.75) is 18.7 Å². The molecule has 2 atom stereocenters. The third-order valence-corrected chi connectivity index (χ3v) is 6.20. The Hall–Kier alpha value is -0.630. The first kappa shape index (κ1) is 14.8. The number of nitrogens with zero attached hydrogens (tertiary/aromatic N) is 3. The second-order valence-electron chi connectivity index (χ2n) is 5.07. The fourth-order valence-electron chi connectivity index (χ4n) is 2.45. The summed E-state index contributed by atoms with van der Waals surface area (Å²) in [4.78, 5) is 0.0717. The lowest BCUT2D eigenvalue weighted by molar-refractivity contribution is 0.210. The van der Waals surface area contributed by atoms with Gasteiger partial charge in [-0.15, -0.1) is 0 Å². The maximum Gasteiger partial charge on any atom is 0.248 e. The van der Waals surface area contributed by atoms with Gasteiger partial charge >= 0.3 is 0 Å². The van der Waals surface area contributed by atoms with Gasteiger partial charge in [0.05, 0.1) is 5.69 Å². The van der Waals surface area contributed by atoms with Gasteiger partial charge in [-0.1, -0.05) is 18.5 Å². The first-order chi connectivity index (χ1) is 8.78. The van der Waals surface area contributed by atoms with Crippen LogP contribution in [0, 0.1) is 18.8 Å². The molecule has 1 N–H and O–H groups in total. The second kappa shape index (κ2) is 5.05. The van der Waals surface area contributed by atoms with Gasteiger partial charge in [0.25, 0.3) is 0 Å². The van der Waals surface area contributed by atoms with Crippen molar-refractivity contribution in [2.75, 3.05) is 19.7 Å². The predicted octanol–water partition coefficient (Wildman–Crippen LogP) is 0.631. The summed E-state index contributed by atoms with van der Waals surface area (Å²) in [5.74, 6) is 0.112. The van der Waals surface area contributed by atoms with E-state index in [2.05, 4.69) is 5.10 Å². The summed E-state index contributed by atoms with van der Waals surface area (Å²) in [6, 6.07) is 0. The lowest BCUT2D eigenvalue weighted by atomic mass is 10.00. The largest absolute Gasteiger partial charge is 0.396 e. The Bertz CT molecular complexity index is 584. The van der Waals surface area contributed by atoms with Crippen molar-refractivity contribution in [1.82, 2.24) is 14.1 Å². The minimum atomic E-state index is -3.65. The topological polar surface area (TPSA) is 75.4 Å². The van der Waals surface area contributed by atoms with E-state index >= 15 is 0 Å². The SMILES string of the molecule is Cc1nn(C)c(Cl)c1S(=O)(=O)N1C[C@@H](CO)[C@H](C)C1. The molecule has 1 aromatic rings. The van der Waals surface area contributed by atoms with Crippen LogP contribution in [-0.2, 0) is 17.1 Å². The number of aliphatic hydroxyl groups is 1. The van der Waals surface area contributed by atoms with Gasteiger partial charge in [0.1, 0.15) is 10.0 Å². The Morgan fingerprint density at radius 2 is 2.11 bits per heavy atom. The van der Waals surface area contributed by atoms with Crippen molar-refractivity contribution >= 4 is 21.6 Å². The first-order valence-electron chi connectivity index (χ1n) is 6.09. The second-order valence-corrected chi connectivity index (χ2v) is 7.30. The van der Waals surface area contributed by atoms with Crippen LogP contribution < -0.4 is 0 Å². The highest BCUT2D eigenvalue weighted by Gasteiger charge is 2.39. The quantitative estimate of drug-likeness (QED) is 0.889. The van der Waals surface area contributed by atoms with Gasteiger partial charge in [-0.25, -0.2) is 8.42 Å². The maximum absolute atomic E-state index is 12.6. The average Bonchev–Trinajstić information content (AvgIpc) is 2.81. The van der Waals surface area contributed by atoms with Crippen LogP contribution >= 0.6 is 11.6 Å². The van der Waals surface area contributed by atoms with Crippen LogP contribution in [-0.4, -0.2) is 47.3 Å². The Kier molecular flexibility index (Phi) is 3.92. The highest BCUT2D eigenvalue weighted by molar-refractivity contribution is 7.89. The number of aromatic nitrogens is 2. The van der Waals surface area contributed by atoms with Crippen LogP contribution in [0.15, 0.2) is 4.90 Å². The average molecular weight is 308 g/mol. The molecule has 0 radical (unpaired) electrons. The van der Waals surface area contributed by atoms with E-state index in [4.69, 9.17) is 11.6 Å². The van der Waals surface area contributed by atoms with E-state index in [0.29, 0.717) is 18.8 Å². The van der Waals surface area contributed by atoms with Crippen molar-refractivity contribution in [3.63, 3.8) is 0 Å². The third-order valence-electron chi connectivity index (χ3n) is 3.67. The highest BCUT2D eigenvalue weighted by atomic mass is 35.5. The number of hydrogen-bond acceptors (Lipinski definition) is 4. The molecule has 0 spiro atoms. The summed E-state index contributed by atoms with van der Waals surface area (Å²) >= 11 is 6.03. The molecule has 0 saturated carbocycles. The Morgan fingerprint density at radius 1 is 1.47 bits per heavy atom. The Labute approximate surface area is 118 Å². The molecule has 1 fully saturated rings. The third kappa shape index (κ3) is 2.40. The summed E-state index contributed by atoms with van der Waals surface area (Å²) < 4.78 is 27.9. The molecule has 108 valence electrons. The number of aryl methyl sites for hydroxylation is 2. The molecule has 19 heavy (non-hydrogen) atoms. The normalized spacial score (nSPS) is 25.1. The van der Waals surface area contributed by atoms with E-state index in [-0.39, 0.29) is 28.5 Å². The molecule has 0 amide bonds. The van der Waals surface area contributed by atoms with Crippen LogP contribution in [0.3, 0.4) is 0 Å². The fraction of sp³-hybridized carbons (Fsp3) is 0.727. The van der Waals surface area contributed by atoms with Crippen molar-refractivity contribution in [2.24, 2.45) is 18.9 Å². The summed E-state index contributed by atoms with van der Waals surface area (Å²) in [6.45, 7) is 4.28. The molecule has 2 heterocycles. The highest BCUT2D eigenvalue weighted by Crippen LogP contribution is 2.32. The Morgan fingerprint density at radius 3 is 2.53 bits per heavy atom. The summed E-state index contributed by atoms with van der Waals surface area (Å²) in [5.41, 5.74) is 0.396. The molecule has 0 unspecified atom stereocenters. The molecule has 1 saturated heterocycles. The molecule has 1 aliphatic heterocycles. The van der Waals surface area contributed by atoms with Gasteiger partial charge in [-0.05, 0) is 18.8 Å². The lowest BCUT2D eigenvalue weighted by Crippen LogP contribution is -2.30. The molecule has 1 aromatic heterocycles. The zero-order valence-corrected chi connectivity index (χ0v) is 12.7. The lowest BCUT2D eigenvalue weighted by Gasteiger charge is -2.16. The molecule has 1 aliphatic rings. The minimum absolute atomic E-state index is 0.00700. The first-order valence-corrected chi connectivity index (χ1v) is 7.91. The van der Waals surface area contributed by atoms with E-state index < -0.39 is 10.0 Å². The number of halogens is 1. The minimum Gasteiger partial charge on any atom is -0.396 e. The molecule has 0 bridgehead atoms. The van der Waals surface area contributed by atoms with Crippen LogP contribution in [0.1, 0.15) is 12.6 Å². The van der Waals surface area contributed by atoms with Gasteiger partial charge in [0, 0.05) is 26.7 Å². The molecule has 2 rings (SSSR count). The summed E-state index contributed by atoms with van der Waals surface area (Å²) in [5, 5.41) is 13.4. The number of hydrogen-bond donors (Lipinski definition) is 1. The molecular formula is C11H18ClN3O3S. The molecule has 0 aliphatic carbocycles. The monoisotopic (exact) mass is 307 g/mol. The van der Waals surface area contributed by atoms with Gasteiger partial charge in [-0.2, -0.15) is 9.40 Å². The molecular weight excluding hydrogens is 290 g/mol. The van der Waals surface area contributed by atoms with E-state index in [1.54, 1.807) is 14.0 Å². The standard InChI is InChI=1S/C11H18ClN3O3S/c1-7-4-15(5-9(7)6-16)19(17,18)10-8(2)13-14(3)11(10)12/h7,9,16H,4-6H2,1-3H3/t7-,9+/m1/s1. The molecule has 0 aromatic carbocycles. The number of rotatable bonds is 3. The van der Waals surface area contributed by atoms with Gasteiger partial charge in [0.2, 0.25) is 10.0 Å². The van der Waals surface area contributed by atoms with Crippen molar-refractivity contribution < 1.29 is 13.5 Å². The molecule has 8 heteroatoms. The number of aliphatic hydroxyl groups excluding tert-OH is 1. The van der Waals surface area contributed by atoms with Gasteiger partial charge < -0.3 is 5.11 Å². The summed E-state index contributed by atoms with van der Waals surface area (Å²) in [6.07, 6.45) is 0.